The van der Waals surface area contributed by atoms with E-state index in [4.69, 9.17) is 11.6 Å². The summed E-state index contributed by atoms with van der Waals surface area (Å²) in [5.74, 6) is -0.511. The zero-order chi connectivity index (χ0) is 17.2. The Morgan fingerprint density at radius 2 is 2.09 bits per heavy atom. The van der Waals surface area contributed by atoms with E-state index in [9.17, 15) is 13.2 Å². The van der Waals surface area contributed by atoms with Crippen molar-refractivity contribution in [3.8, 4) is 0 Å². The highest BCUT2D eigenvalue weighted by molar-refractivity contribution is 7.86. The molecule has 1 N–H and O–H groups in total. The van der Waals surface area contributed by atoms with Gasteiger partial charge in [0.2, 0.25) is 5.91 Å². The van der Waals surface area contributed by atoms with Crippen molar-refractivity contribution in [2.24, 2.45) is 5.92 Å². The zero-order valence-electron chi connectivity index (χ0n) is 13.5. The lowest BCUT2D eigenvalue weighted by Gasteiger charge is -2.32. The van der Waals surface area contributed by atoms with Crippen LogP contribution >= 0.6 is 11.6 Å². The molecule has 1 aromatic carbocycles. The van der Waals surface area contributed by atoms with Crippen molar-refractivity contribution in [3.63, 3.8) is 0 Å². The smallest absolute Gasteiger partial charge is 0.281 e. The van der Waals surface area contributed by atoms with Crippen LogP contribution in [0.5, 0.6) is 0 Å². The molecule has 1 aliphatic rings. The van der Waals surface area contributed by atoms with Crippen LogP contribution in [0, 0.1) is 12.8 Å². The third kappa shape index (κ3) is 4.23. The maximum atomic E-state index is 12.5. The molecule has 1 amide bonds. The molecule has 0 aliphatic carbocycles. The molecule has 1 heterocycles. The van der Waals surface area contributed by atoms with Gasteiger partial charge in [-0.3, -0.25) is 4.79 Å². The largest absolute Gasteiger partial charge is 0.326 e. The lowest BCUT2D eigenvalue weighted by molar-refractivity contribution is -0.120. The van der Waals surface area contributed by atoms with E-state index < -0.39 is 10.2 Å². The number of halogens is 1. The first-order chi connectivity index (χ1) is 10.7. The summed E-state index contributed by atoms with van der Waals surface area (Å²) in [4.78, 5) is 12.5. The van der Waals surface area contributed by atoms with Gasteiger partial charge < -0.3 is 5.32 Å². The summed E-state index contributed by atoms with van der Waals surface area (Å²) in [5, 5.41) is 3.49. The molecule has 1 aliphatic heterocycles. The van der Waals surface area contributed by atoms with Crippen molar-refractivity contribution in [1.82, 2.24) is 8.61 Å². The van der Waals surface area contributed by atoms with Crippen molar-refractivity contribution >= 4 is 33.4 Å². The van der Waals surface area contributed by atoms with Crippen LogP contribution < -0.4 is 5.32 Å². The number of piperidine rings is 1. The highest BCUT2D eigenvalue weighted by Crippen LogP contribution is 2.24. The van der Waals surface area contributed by atoms with Crippen LogP contribution in [0.4, 0.5) is 5.69 Å². The number of nitrogens with zero attached hydrogens (tertiary/aromatic N) is 2. The second kappa shape index (κ2) is 7.17. The first-order valence-electron chi connectivity index (χ1n) is 7.46. The minimum atomic E-state index is -3.48. The second-order valence-corrected chi connectivity index (χ2v) is 8.51. The molecule has 23 heavy (non-hydrogen) atoms. The van der Waals surface area contributed by atoms with E-state index >= 15 is 0 Å². The van der Waals surface area contributed by atoms with Crippen LogP contribution in [0.25, 0.3) is 0 Å². The normalized spacial score (nSPS) is 19.8. The Labute approximate surface area is 142 Å². The van der Waals surface area contributed by atoms with Crippen LogP contribution in [0.3, 0.4) is 0 Å². The predicted molar refractivity (Wildman–Crippen MR) is 91.7 cm³/mol. The Kier molecular flexibility index (Phi) is 5.67. The van der Waals surface area contributed by atoms with Crippen LogP contribution in [0.15, 0.2) is 18.2 Å². The SMILES string of the molecule is Cc1cc(Cl)ccc1NC(=O)C1CCCN(S(=O)(=O)N(C)C)C1. The Bertz CT molecular complexity index is 691. The number of aryl methyl sites for hydroxylation is 1. The molecule has 0 saturated carbocycles. The van der Waals surface area contributed by atoms with Gasteiger partial charge >= 0.3 is 0 Å². The first kappa shape index (κ1) is 18.2. The molecule has 0 bridgehead atoms. The molecule has 6 nitrogen and oxygen atoms in total. The van der Waals surface area contributed by atoms with Crippen LogP contribution in [-0.4, -0.2) is 50.1 Å². The number of benzene rings is 1. The number of carbonyl (C=O) groups excluding carboxylic acids is 1. The van der Waals surface area contributed by atoms with Gasteiger partial charge in [0.15, 0.2) is 0 Å². The maximum absolute atomic E-state index is 12.5. The van der Waals surface area contributed by atoms with E-state index in [1.807, 2.05) is 6.92 Å². The van der Waals surface area contributed by atoms with E-state index in [2.05, 4.69) is 5.32 Å². The van der Waals surface area contributed by atoms with Crippen molar-refractivity contribution in [1.29, 1.82) is 0 Å². The minimum absolute atomic E-state index is 0.158. The Morgan fingerprint density at radius 3 is 2.70 bits per heavy atom. The third-order valence-electron chi connectivity index (χ3n) is 3.99. The molecule has 0 aromatic heterocycles. The summed E-state index contributed by atoms with van der Waals surface area (Å²) in [6, 6.07) is 5.25. The standard InChI is InChI=1S/C15H22ClN3O3S/c1-11-9-13(16)6-7-14(11)17-15(20)12-5-4-8-19(10-12)23(21,22)18(2)3/h6-7,9,12H,4-5,8,10H2,1-3H3,(H,17,20). The minimum Gasteiger partial charge on any atom is -0.326 e. The van der Waals surface area contributed by atoms with E-state index in [1.54, 1.807) is 18.2 Å². The molecular formula is C15H22ClN3O3S. The summed E-state index contributed by atoms with van der Waals surface area (Å²) in [5.41, 5.74) is 1.58. The van der Waals surface area contributed by atoms with Gasteiger partial charge in [-0.2, -0.15) is 17.0 Å². The van der Waals surface area contributed by atoms with Gasteiger partial charge in [0.1, 0.15) is 0 Å². The third-order valence-corrected chi connectivity index (χ3v) is 6.13. The van der Waals surface area contributed by atoms with Crippen molar-refractivity contribution < 1.29 is 13.2 Å². The second-order valence-electron chi connectivity index (χ2n) is 5.94. The van der Waals surface area contributed by atoms with Crippen LogP contribution in [-0.2, 0) is 15.0 Å². The quantitative estimate of drug-likeness (QED) is 0.895. The van der Waals surface area contributed by atoms with Crippen molar-refractivity contribution in [3.05, 3.63) is 28.8 Å². The monoisotopic (exact) mass is 359 g/mol. The highest BCUT2D eigenvalue weighted by Gasteiger charge is 2.33. The van der Waals surface area contributed by atoms with Crippen molar-refractivity contribution in [2.75, 3.05) is 32.5 Å². The number of rotatable bonds is 4. The predicted octanol–water partition coefficient (Wildman–Crippen LogP) is 2.11. The van der Waals surface area contributed by atoms with E-state index in [-0.39, 0.29) is 18.4 Å². The van der Waals surface area contributed by atoms with Crippen LogP contribution in [0.1, 0.15) is 18.4 Å². The van der Waals surface area contributed by atoms with E-state index in [0.29, 0.717) is 30.1 Å². The number of anilines is 1. The average molecular weight is 360 g/mol. The molecule has 0 spiro atoms. The Balaban J connectivity index is 2.08. The van der Waals surface area contributed by atoms with Gasteiger partial charge in [-0.1, -0.05) is 11.6 Å². The van der Waals surface area contributed by atoms with Gasteiger partial charge in [-0.05, 0) is 43.5 Å². The molecule has 0 radical (unpaired) electrons. The summed E-state index contributed by atoms with van der Waals surface area (Å²) in [7, 11) is -0.492. The van der Waals surface area contributed by atoms with E-state index in [1.165, 1.54) is 22.7 Å². The summed E-state index contributed by atoms with van der Waals surface area (Å²) in [6.07, 6.45) is 1.35. The number of hydrogen-bond donors (Lipinski definition) is 1. The fourth-order valence-corrected chi connectivity index (χ4v) is 4.02. The van der Waals surface area contributed by atoms with Gasteiger partial charge in [0, 0.05) is 37.9 Å². The highest BCUT2D eigenvalue weighted by atomic mass is 35.5. The average Bonchev–Trinajstić information content (AvgIpc) is 2.50. The molecule has 1 saturated heterocycles. The topological polar surface area (TPSA) is 69.7 Å². The molecule has 1 fully saturated rings. The fourth-order valence-electron chi connectivity index (χ4n) is 2.60. The van der Waals surface area contributed by atoms with Gasteiger partial charge in [-0.25, -0.2) is 0 Å². The molecule has 1 atom stereocenters. The number of carbonyl (C=O) groups is 1. The lowest BCUT2D eigenvalue weighted by Crippen LogP contribution is -2.47. The van der Waals surface area contributed by atoms with Gasteiger partial charge in [0.25, 0.3) is 10.2 Å². The lowest BCUT2D eigenvalue weighted by atomic mass is 9.98. The van der Waals surface area contributed by atoms with Crippen molar-refractivity contribution in [2.45, 2.75) is 19.8 Å². The summed E-state index contributed by atoms with van der Waals surface area (Å²) in [6.45, 7) is 2.52. The van der Waals surface area contributed by atoms with Gasteiger partial charge in [-0.15, -0.1) is 0 Å². The van der Waals surface area contributed by atoms with Crippen LogP contribution in [0.2, 0.25) is 5.02 Å². The first-order valence-corrected chi connectivity index (χ1v) is 9.24. The molecule has 8 heteroatoms. The number of hydrogen-bond acceptors (Lipinski definition) is 3. The summed E-state index contributed by atoms with van der Waals surface area (Å²) >= 11 is 5.91. The fraction of sp³-hybridized carbons (Fsp3) is 0.533. The molecule has 1 aromatic rings. The molecule has 128 valence electrons. The molecule has 1 unspecified atom stereocenters. The zero-order valence-corrected chi connectivity index (χ0v) is 15.1. The van der Waals surface area contributed by atoms with Gasteiger partial charge in [0.05, 0.1) is 5.92 Å². The van der Waals surface area contributed by atoms with E-state index in [0.717, 1.165) is 5.56 Å². The number of amides is 1. The molecular weight excluding hydrogens is 338 g/mol. The Morgan fingerprint density at radius 1 is 1.39 bits per heavy atom. The maximum Gasteiger partial charge on any atom is 0.281 e. The number of nitrogens with one attached hydrogen (secondary N) is 1. The molecule has 2 rings (SSSR count). The Hall–Kier alpha value is -1.15. The summed E-state index contributed by atoms with van der Waals surface area (Å²) < 4.78 is 27.0.